The number of hydrogen-bond donors (Lipinski definition) is 2. The Labute approximate surface area is 275 Å². The molecule has 1 aromatic heterocycles. The number of ether oxygens (including phenoxy) is 1. The van der Waals surface area contributed by atoms with Gasteiger partial charge in [0.2, 0.25) is 17.8 Å². The fourth-order valence-electron chi connectivity index (χ4n) is 6.55. The number of anilines is 4. The second-order valence-electron chi connectivity index (χ2n) is 12.9. The lowest BCUT2D eigenvalue weighted by Gasteiger charge is -2.38. The van der Waals surface area contributed by atoms with E-state index < -0.39 is 5.41 Å². The molecule has 12 heteroatoms. The summed E-state index contributed by atoms with van der Waals surface area (Å²) in [6, 6.07) is 12.0. The van der Waals surface area contributed by atoms with Crippen molar-refractivity contribution in [3.05, 3.63) is 64.4 Å². The first-order chi connectivity index (χ1) is 22.1. The number of nitrogens with one attached hydrogen (secondary N) is 2. The third-order valence-electron chi connectivity index (χ3n) is 9.42. The Balaban J connectivity index is 1.08. The predicted molar refractivity (Wildman–Crippen MR) is 182 cm³/mol. The third-order valence-corrected chi connectivity index (χ3v) is 9.74. The molecule has 2 saturated heterocycles. The van der Waals surface area contributed by atoms with Crippen molar-refractivity contribution in [1.82, 2.24) is 24.7 Å². The molecule has 11 nitrogen and oxygen atoms in total. The van der Waals surface area contributed by atoms with Gasteiger partial charge in [-0.25, -0.2) is 9.97 Å². The van der Waals surface area contributed by atoms with Gasteiger partial charge in [0.15, 0.2) is 0 Å². The Morgan fingerprint density at radius 3 is 2.54 bits per heavy atom. The lowest BCUT2D eigenvalue weighted by molar-refractivity contribution is -0.133. The Kier molecular flexibility index (Phi) is 9.35. The second-order valence-corrected chi connectivity index (χ2v) is 13.3. The van der Waals surface area contributed by atoms with Crippen molar-refractivity contribution in [1.29, 1.82) is 0 Å². The van der Waals surface area contributed by atoms with Crippen molar-refractivity contribution in [3.8, 4) is 5.75 Å². The quantitative estimate of drug-likeness (QED) is 0.359. The van der Waals surface area contributed by atoms with E-state index in [4.69, 9.17) is 21.3 Å². The van der Waals surface area contributed by atoms with E-state index in [0.29, 0.717) is 49.2 Å². The number of rotatable bonds is 9. The monoisotopic (exact) mass is 646 g/mol. The van der Waals surface area contributed by atoms with Gasteiger partial charge in [-0.2, -0.15) is 0 Å². The largest absolute Gasteiger partial charge is 0.494 e. The average molecular weight is 647 g/mol. The van der Waals surface area contributed by atoms with Crippen LogP contribution in [0.4, 0.5) is 23.0 Å². The molecule has 3 aromatic rings. The highest BCUT2D eigenvalue weighted by Gasteiger charge is 2.39. The summed E-state index contributed by atoms with van der Waals surface area (Å²) >= 11 is 6.53. The van der Waals surface area contributed by atoms with Crippen LogP contribution in [0.15, 0.2) is 42.6 Å². The van der Waals surface area contributed by atoms with Crippen LogP contribution in [0.2, 0.25) is 5.02 Å². The molecule has 3 aliphatic heterocycles. The highest BCUT2D eigenvalue weighted by molar-refractivity contribution is 6.31. The summed E-state index contributed by atoms with van der Waals surface area (Å²) in [4.78, 5) is 43.5. The molecule has 0 bridgehead atoms. The van der Waals surface area contributed by atoms with E-state index in [1.807, 2.05) is 43.0 Å². The van der Waals surface area contributed by atoms with Gasteiger partial charge in [-0.15, -0.1) is 0 Å². The molecule has 3 aliphatic rings. The van der Waals surface area contributed by atoms with Crippen LogP contribution in [0.3, 0.4) is 0 Å². The number of halogens is 1. The minimum absolute atomic E-state index is 0.00977. The highest BCUT2D eigenvalue weighted by Crippen LogP contribution is 2.40. The lowest BCUT2D eigenvalue weighted by Crippen LogP contribution is -2.53. The maximum Gasteiger partial charge on any atom is 0.236 e. The summed E-state index contributed by atoms with van der Waals surface area (Å²) in [5.41, 5.74) is 4.92. The SMILES string of the molecule is COc1cc(N2CCN(C(=O)CN3CCN(C)CC3)CC2)ccc1Nc1ncc(Cl)c(CCc2cccc3c2C(C)(C)C(=O)N3)n1. The fraction of sp³-hybridized carbons (Fsp3) is 0.471. The number of benzene rings is 2. The molecule has 0 unspecified atom stereocenters. The van der Waals surface area contributed by atoms with Crippen LogP contribution in [-0.2, 0) is 27.8 Å². The zero-order valence-corrected chi connectivity index (χ0v) is 27.9. The number of carbonyl (C=O) groups is 2. The van der Waals surface area contributed by atoms with Crippen LogP contribution < -0.4 is 20.3 Å². The molecule has 0 aliphatic carbocycles. The molecular weight excluding hydrogens is 604 g/mol. The van der Waals surface area contributed by atoms with Gasteiger partial charge < -0.3 is 30.1 Å². The number of hydrogen-bond acceptors (Lipinski definition) is 9. The molecule has 0 radical (unpaired) electrons. The van der Waals surface area contributed by atoms with Crippen LogP contribution in [0.1, 0.15) is 30.7 Å². The molecule has 2 aromatic carbocycles. The smallest absolute Gasteiger partial charge is 0.236 e. The second kappa shape index (κ2) is 13.4. The van der Waals surface area contributed by atoms with Gasteiger partial charge in [0, 0.05) is 69.8 Å². The zero-order valence-electron chi connectivity index (χ0n) is 27.1. The number of nitrogens with zero attached hydrogens (tertiary/aromatic N) is 6. The van der Waals surface area contributed by atoms with E-state index in [2.05, 4.69) is 49.5 Å². The van der Waals surface area contributed by atoms with Crippen LogP contribution in [0, 0.1) is 0 Å². The molecule has 0 spiro atoms. The number of amides is 2. The summed E-state index contributed by atoms with van der Waals surface area (Å²) in [6.45, 7) is 11.2. The number of likely N-dealkylation sites (N-methyl/N-ethyl adjacent to an activating group) is 1. The summed E-state index contributed by atoms with van der Waals surface area (Å²) < 4.78 is 5.75. The number of aromatic nitrogens is 2. The molecule has 46 heavy (non-hydrogen) atoms. The van der Waals surface area contributed by atoms with E-state index >= 15 is 0 Å². The Morgan fingerprint density at radius 2 is 1.80 bits per heavy atom. The van der Waals surface area contributed by atoms with Crippen LogP contribution in [-0.4, -0.2) is 110 Å². The van der Waals surface area contributed by atoms with Crippen LogP contribution in [0.5, 0.6) is 5.75 Å². The molecule has 244 valence electrons. The highest BCUT2D eigenvalue weighted by atomic mass is 35.5. The number of aryl methyl sites for hydroxylation is 2. The summed E-state index contributed by atoms with van der Waals surface area (Å²) in [5.74, 6) is 1.32. The van der Waals surface area contributed by atoms with Gasteiger partial charge in [-0.05, 0) is 63.1 Å². The Hall–Kier alpha value is -3.93. The minimum Gasteiger partial charge on any atom is -0.494 e. The van der Waals surface area contributed by atoms with Crippen molar-refractivity contribution < 1.29 is 14.3 Å². The Bertz CT molecular complexity index is 1600. The number of fused-ring (bicyclic) bond motifs is 1. The molecule has 4 heterocycles. The molecule has 6 rings (SSSR count). The standard InChI is InChI=1S/C34H43ClN8O3/c1-34(2)31-23(6-5-7-28(31)37-32(34)45)8-10-26-25(35)21-36-33(38-26)39-27-11-9-24(20-29(27)46-4)42-16-18-43(19-17-42)30(44)22-41-14-12-40(3)13-15-41/h5-7,9,11,20-21H,8,10,12-19,22H2,1-4H3,(H,37,45)(H,36,38,39). The number of methoxy groups -OCH3 is 1. The van der Waals surface area contributed by atoms with Gasteiger partial charge in [0.05, 0.1) is 41.7 Å². The normalized spacial score (nSPS) is 18.3. The van der Waals surface area contributed by atoms with E-state index in [-0.39, 0.29) is 11.8 Å². The van der Waals surface area contributed by atoms with Gasteiger partial charge in [0.25, 0.3) is 0 Å². The van der Waals surface area contributed by atoms with E-state index in [1.165, 1.54) is 0 Å². The average Bonchev–Trinajstić information content (AvgIpc) is 3.30. The van der Waals surface area contributed by atoms with Gasteiger partial charge in [-0.3, -0.25) is 14.5 Å². The topological polar surface area (TPSA) is 106 Å². The molecular formula is C34H43ClN8O3. The minimum atomic E-state index is -0.591. The van der Waals surface area contributed by atoms with Crippen molar-refractivity contribution in [2.75, 3.05) is 88.6 Å². The van der Waals surface area contributed by atoms with Crippen LogP contribution >= 0.6 is 11.6 Å². The first kappa shape index (κ1) is 32.0. The zero-order chi connectivity index (χ0) is 32.4. The molecule has 2 amide bonds. The fourth-order valence-corrected chi connectivity index (χ4v) is 6.73. The van der Waals surface area contributed by atoms with Gasteiger partial charge >= 0.3 is 0 Å². The van der Waals surface area contributed by atoms with Gasteiger partial charge in [0.1, 0.15) is 5.75 Å². The maximum atomic E-state index is 12.9. The van der Waals surface area contributed by atoms with Crippen molar-refractivity contribution in [2.45, 2.75) is 32.1 Å². The molecule has 2 fully saturated rings. The summed E-state index contributed by atoms with van der Waals surface area (Å²) in [6.07, 6.45) is 2.89. The number of piperazine rings is 2. The lowest BCUT2D eigenvalue weighted by atomic mass is 9.82. The van der Waals surface area contributed by atoms with E-state index in [9.17, 15) is 9.59 Å². The van der Waals surface area contributed by atoms with Crippen LogP contribution in [0.25, 0.3) is 0 Å². The van der Waals surface area contributed by atoms with Crippen molar-refractivity contribution in [2.24, 2.45) is 0 Å². The molecule has 0 saturated carbocycles. The maximum absolute atomic E-state index is 12.9. The first-order valence-corrected chi connectivity index (χ1v) is 16.3. The summed E-state index contributed by atoms with van der Waals surface area (Å²) in [7, 11) is 3.77. The molecule has 2 N–H and O–H groups in total. The van der Waals surface area contributed by atoms with Gasteiger partial charge in [-0.1, -0.05) is 23.7 Å². The number of carbonyl (C=O) groups excluding carboxylic acids is 2. The van der Waals surface area contributed by atoms with E-state index in [1.54, 1.807) is 13.3 Å². The van der Waals surface area contributed by atoms with E-state index in [0.717, 1.165) is 73.2 Å². The molecule has 0 atom stereocenters. The predicted octanol–water partition coefficient (Wildman–Crippen LogP) is 3.79. The van der Waals surface area contributed by atoms with Crippen molar-refractivity contribution in [3.63, 3.8) is 0 Å². The van der Waals surface area contributed by atoms with Crippen molar-refractivity contribution >= 4 is 46.4 Å². The summed E-state index contributed by atoms with van der Waals surface area (Å²) in [5, 5.41) is 6.80. The first-order valence-electron chi connectivity index (χ1n) is 16.0. The third kappa shape index (κ3) is 6.77. The Morgan fingerprint density at radius 1 is 1.04 bits per heavy atom.